The Morgan fingerprint density at radius 1 is 1.47 bits per heavy atom. The maximum absolute atomic E-state index is 9.07. The molecule has 0 amide bonds. The molecule has 0 saturated heterocycles. The Labute approximate surface area is 110 Å². The Balaban J connectivity index is 2.18. The topological polar surface area (TPSA) is 45.0 Å². The highest BCUT2D eigenvalue weighted by Crippen LogP contribution is 2.33. The molecule has 1 aromatic rings. The third kappa shape index (κ3) is 2.73. The number of halogens is 1. The molecule has 1 saturated carbocycles. The Hall–Kier alpha value is -1.21. The minimum absolute atomic E-state index is 0.110. The van der Waals surface area contributed by atoms with Crippen LogP contribution >= 0.6 is 15.9 Å². The Kier molecular flexibility index (Phi) is 3.90. The summed E-state index contributed by atoms with van der Waals surface area (Å²) >= 11 is 3.45. The molecule has 17 heavy (non-hydrogen) atoms. The summed E-state index contributed by atoms with van der Waals surface area (Å²) in [7, 11) is 1.66. The van der Waals surface area contributed by atoms with Crippen LogP contribution in [0.25, 0.3) is 0 Å². The van der Waals surface area contributed by atoms with Gasteiger partial charge in [0.25, 0.3) is 0 Å². The maximum atomic E-state index is 9.07. The van der Waals surface area contributed by atoms with Crippen molar-refractivity contribution in [1.29, 1.82) is 5.26 Å². The van der Waals surface area contributed by atoms with E-state index in [-0.39, 0.29) is 12.0 Å². The lowest BCUT2D eigenvalue weighted by molar-refractivity contribution is 0.415. The van der Waals surface area contributed by atoms with Gasteiger partial charge in [0.1, 0.15) is 5.75 Å². The van der Waals surface area contributed by atoms with Crippen molar-refractivity contribution >= 4 is 21.6 Å². The quantitative estimate of drug-likeness (QED) is 0.927. The Morgan fingerprint density at radius 3 is 3.00 bits per heavy atom. The first-order valence-corrected chi connectivity index (χ1v) is 6.53. The summed E-state index contributed by atoms with van der Waals surface area (Å²) in [6.45, 7) is 0. The number of nitrogens with zero attached hydrogens (tertiary/aromatic N) is 1. The van der Waals surface area contributed by atoms with Gasteiger partial charge < -0.3 is 10.1 Å². The smallest absolute Gasteiger partial charge is 0.142 e. The number of anilines is 1. The normalized spacial score (nSPS) is 23.1. The summed E-state index contributed by atoms with van der Waals surface area (Å²) in [6, 6.07) is 8.47. The van der Waals surface area contributed by atoms with Crippen LogP contribution in [0.5, 0.6) is 5.75 Å². The highest BCUT2D eigenvalue weighted by molar-refractivity contribution is 9.10. The minimum atomic E-state index is 0.110. The largest absolute Gasteiger partial charge is 0.495 e. The third-order valence-electron chi connectivity index (χ3n) is 3.18. The van der Waals surface area contributed by atoms with E-state index in [9.17, 15) is 0 Å². The van der Waals surface area contributed by atoms with Gasteiger partial charge in [-0.1, -0.05) is 15.9 Å². The lowest BCUT2D eigenvalue weighted by Crippen LogP contribution is -2.23. The van der Waals surface area contributed by atoms with Gasteiger partial charge in [0.2, 0.25) is 0 Å². The third-order valence-corrected chi connectivity index (χ3v) is 3.68. The number of benzene rings is 1. The van der Waals surface area contributed by atoms with Crippen molar-refractivity contribution in [3.63, 3.8) is 0 Å². The van der Waals surface area contributed by atoms with E-state index < -0.39 is 0 Å². The van der Waals surface area contributed by atoms with Crippen molar-refractivity contribution in [2.45, 2.75) is 25.3 Å². The molecule has 0 radical (unpaired) electrons. The van der Waals surface area contributed by atoms with Crippen molar-refractivity contribution in [3.8, 4) is 11.8 Å². The van der Waals surface area contributed by atoms with Crippen molar-refractivity contribution in [2.75, 3.05) is 12.4 Å². The van der Waals surface area contributed by atoms with E-state index in [4.69, 9.17) is 10.00 Å². The number of hydrogen-bond donors (Lipinski definition) is 1. The second-order valence-corrected chi connectivity index (χ2v) is 5.18. The molecule has 1 aromatic carbocycles. The van der Waals surface area contributed by atoms with Gasteiger partial charge in [-0.25, -0.2) is 0 Å². The van der Waals surface area contributed by atoms with Gasteiger partial charge in [-0.15, -0.1) is 0 Å². The van der Waals surface area contributed by atoms with Crippen LogP contribution in [-0.4, -0.2) is 13.2 Å². The van der Waals surface area contributed by atoms with Crippen molar-refractivity contribution < 1.29 is 4.74 Å². The molecule has 90 valence electrons. The van der Waals surface area contributed by atoms with Gasteiger partial charge >= 0.3 is 0 Å². The summed E-state index contributed by atoms with van der Waals surface area (Å²) in [5.74, 6) is 0.926. The molecule has 0 heterocycles. The standard InChI is InChI=1S/C13H15BrN2O/c1-17-13-6-5-10(14)7-12(13)16-11-4-2-3-9(11)8-15/h5-7,9,11,16H,2-4H2,1H3. The van der Waals surface area contributed by atoms with E-state index in [1.807, 2.05) is 18.2 Å². The first kappa shape index (κ1) is 12.3. The Morgan fingerprint density at radius 2 is 2.29 bits per heavy atom. The molecule has 1 fully saturated rings. The van der Waals surface area contributed by atoms with Crippen LogP contribution in [0.3, 0.4) is 0 Å². The SMILES string of the molecule is COc1ccc(Br)cc1NC1CCCC1C#N. The molecule has 2 unspecified atom stereocenters. The highest BCUT2D eigenvalue weighted by Gasteiger charge is 2.27. The molecular formula is C13H15BrN2O. The Bertz CT molecular complexity index is 442. The van der Waals surface area contributed by atoms with Crippen molar-refractivity contribution in [1.82, 2.24) is 0 Å². The molecule has 2 rings (SSSR count). The van der Waals surface area contributed by atoms with Gasteiger partial charge in [-0.05, 0) is 37.5 Å². The highest BCUT2D eigenvalue weighted by atomic mass is 79.9. The van der Waals surface area contributed by atoms with E-state index in [0.717, 1.165) is 35.2 Å². The summed E-state index contributed by atoms with van der Waals surface area (Å²) in [5.41, 5.74) is 0.953. The van der Waals surface area contributed by atoms with Gasteiger partial charge in [0.05, 0.1) is 24.8 Å². The molecule has 4 heteroatoms. The number of rotatable bonds is 3. The zero-order valence-electron chi connectivity index (χ0n) is 9.74. The second kappa shape index (κ2) is 5.42. The minimum Gasteiger partial charge on any atom is -0.495 e. The monoisotopic (exact) mass is 294 g/mol. The van der Waals surface area contributed by atoms with Gasteiger partial charge in [0.15, 0.2) is 0 Å². The molecule has 0 aromatic heterocycles. The molecule has 0 aliphatic heterocycles. The van der Waals surface area contributed by atoms with Crippen LogP contribution in [0.15, 0.2) is 22.7 Å². The van der Waals surface area contributed by atoms with Gasteiger partial charge in [-0.3, -0.25) is 0 Å². The van der Waals surface area contributed by atoms with E-state index in [2.05, 4.69) is 27.3 Å². The van der Waals surface area contributed by atoms with Gasteiger partial charge in [-0.2, -0.15) is 5.26 Å². The van der Waals surface area contributed by atoms with Crippen molar-refractivity contribution in [3.05, 3.63) is 22.7 Å². The molecular weight excluding hydrogens is 280 g/mol. The number of methoxy groups -OCH3 is 1. The fourth-order valence-electron chi connectivity index (χ4n) is 2.28. The second-order valence-electron chi connectivity index (χ2n) is 4.26. The molecule has 0 spiro atoms. The van der Waals surface area contributed by atoms with Crippen LogP contribution in [-0.2, 0) is 0 Å². The molecule has 1 aliphatic carbocycles. The number of nitrogens with one attached hydrogen (secondary N) is 1. The van der Waals surface area contributed by atoms with Crippen LogP contribution in [0.2, 0.25) is 0 Å². The summed E-state index contributed by atoms with van der Waals surface area (Å²) in [4.78, 5) is 0. The number of nitriles is 1. The first-order valence-electron chi connectivity index (χ1n) is 5.74. The fraction of sp³-hybridized carbons (Fsp3) is 0.462. The van der Waals surface area contributed by atoms with Crippen molar-refractivity contribution in [2.24, 2.45) is 5.92 Å². The predicted octanol–water partition coefficient (Wildman–Crippen LogP) is 3.56. The lowest BCUT2D eigenvalue weighted by atomic mass is 10.1. The lowest BCUT2D eigenvalue weighted by Gasteiger charge is -2.19. The summed E-state index contributed by atoms with van der Waals surface area (Å²) < 4.78 is 6.32. The van der Waals surface area contributed by atoms with E-state index in [1.165, 1.54) is 0 Å². The molecule has 3 nitrogen and oxygen atoms in total. The number of ether oxygens (including phenoxy) is 1. The molecule has 2 atom stereocenters. The number of hydrogen-bond acceptors (Lipinski definition) is 3. The molecule has 1 N–H and O–H groups in total. The average Bonchev–Trinajstić information content (AvgIpc) is 2.77. The van der Waals surface area contributed by atoms with Crippen LogP contribution in [0.1, 0.15) is 19.3 Å². The average molecular weight is 295 g/mol. The molecule has 0 bridgehead atoms. The van der Waals surface area contributed by atoms with E-state index >= 15 is 0 Å². The van der Waals surface area contributed by atoms with Crippen LogP contribution in [0.4, 0.5) is 5.69 Å². The summed E-state index contributed by atoms with van der Waals surface area (Å²) in [6.07, 6.45) is 3.16. The first-order chi connectivity index (χ1) is 8.24. The zero-order chi connectivity index (χ0) is 12.3. The molecule has 1 aliphatic rings. The fourth-order valence-corrected chi connectivity index (χ4v) is 2.64. The predicted molar refractivity (Wildman–Crippen MR) is 71.1 cm³/mol. The van der Waals surface area contributed by atoms with Crippen LogP contribution < -0.4 is 10.1 Å². The van der Waals surface area contributed by atoms with E-state index in [1.54, 1.807) is 7.11 Å². The van der Waals surface area contributed by atoms with E-state index in [0.29, 0.717) is 0 Å². The maximum Gasteiger partial charge on any atom is 0.142 e. The van der Waals surface area contributed by atoms with Crippen LogP contribution in [0, 0.1) is 17.2 Å². The van der Waals surface area contributed by atoms with Gasteiger partial charge in [0, 0.05) is 10.5 Å². The zero-order valence-corrected chi connectivity index (χ0v) is 11.3. The summed E-state index contributed by atoms with van der Waals surface area (Å²) in [5, 5.41) is 12.5.